The van der Waals surface area contributed by atoms with Gasteiger partial charge in [-0.05, 0) is 50.8 Å². The van der Waals surface area contributed by atoms with Gasteiger partial charge in [0.25, 0.3) is 0 Å². The summed E-state index contributed by atoms with van der Waals surface area (Å²) in [7, 11) is 1.49. The highest BCUT2D eigenvalue weighted by atomic mass is 19.4. The maximum absolute atomic E-state index is 12.9. The molecule has 0 saturated heterocycles. The average Bonchev–Trinajstić information content (AvgIpc) is 2.45. The lowest BCUT2D eigenvalue weighted by Crippen LogP contribution is -2.47. The highest BCUT2D eigenvalue weighted by molar-refractivity contribution is 5.29. The van der Waals surface area contributed by atoms with Gasteiger partial charge in [-0.25, -0.2) is 0 Å². The van der Waals surface area contributed by atoms with E-state index >= 15 is 0 Å². The Morgan fingerprint density at radius 2 is 2.10 bits per heavy atom. The van der Waals surface area contributed by atoms with E-state index in [2.05, 4.69) is 0 Å². The zero-order chi connectivity index (χ0) is 17.4. The van der Waals surface area contributed by atoms with Crippen LogP contribution in [-0.4, -0.2) is 31.0 Å². The Kier molecular flexibility index (Phi) is 3.32. The molecule has 2 N–H and O–H groups in total. The molecule has 3 atom stereocenters. The average molecular weight is 289 g/mol. The Balaban J connectivity index is 2.22. The Bertz CT molecular complexity index is 546. The van der Waals surface area contributed by atoms with Crippen LogP contribution in [0, 0.1) is 0 Å². The number of halogens is 3. The second kappa shape index (κ2) is 5.74. The van der Waals surface area contributed by atoms with Crippen LogP contribution >= 0.6 is 0 Å². The summed E-state index contributed by atoms with van der Waals surface area (Å²) in [5.74, 6) is -0.119. The van der Waals surface area contributed by atoms with Crippen molar-refractivity contribution in [2.75, 3.05) is 14.0 Å². The van der Waals surface area contributed by atoms with Crippen LogP contribution in [0.2, 0.25) is 0 Å². The number of nitrogens with zero attached hydrogens (tertiary/aromatic N) is 1. The summed E-state index contributed by atoms with van der Waals surface area (Å²) in [5, 5.41) is 0. The van der Waals surface area contributed by atoms with Crippen molar-refractivity contribution in [2.45, 2.75) is 43.4 Å². The molecule has 0 amide bonds. The molecule has 0 heterocycles. The topological polar surface area (TPSA) is 29.3 Å². The van der Waals surface area contributed by atoms with Gasteiger partial charge in [-0.2, -0.15) is 13.2 Å². The van der Waals surface area contributed by atoms with Crippen molar-refractivity contribution in [1.82, 2.24) is 4.90 Å². The molecule has 112 valence electrons. The number of hydrogen-bond donors (Lipinski definition) is 1. The fourth-order valence-corrected chi connectivity index (χ4v) is 2.89. The van der Waals surface area contributed by atoms with Crippen molar-refractivity contribution in [3.8, 4) is 0 Å². The van der Waals surface area contributed by atoms with Crippen molar-refractivity contribution >= 4 is 0 Å². The number of likely N-dealkylation sites (N-methyl/N-ethyl adjacent to an activating group) is 1. The van der Waals surface area contributed by atoms with Gasteiger partial charge >= 0.3 is 6.18 Å². The van der Waals surface area contributed by atoms with Crippen LogP contribution in [-0.2, 0) is 6.18 Å². The molecule has 1 saturated carbocycles. The number of rotatable bonds is 2. The van der Waals surface area contributed by atoms with Gasteiger partial charge in [0.1, 0.15) is 0 Å². The van der Waals surface area contributed by atoms with Gasteiger partial charge in [0.15, 0.2) is 0 Å². The van der Waals surface area contributed by atoms with E-state index in [9.17, 15) is 13.2 Å². The minimum Gasteiger partial charge on any atom is -0.326 e. The molecule has 1 aliphatic rings. The molecule has 2 nitrogen and oxygen atoms in total. The first-order valence-electron chi connectivity index (χ1n) is 8.16. The monoisotopic (exact) mass is 289 g/mol. The summed E-state index contributed by atoms with van der Waals surface area (Å²) < 4.78 is 61.1. The standard InChI is InChI=1S/C15H21F3N2/c1-20(2)14-9-11(6-7-13(14)19)10-4-3-5-12(8-10)15(16,17)18/h3-5,8,11,13-14H,6-7,9,19H2,1-2H3/t11-,13-,14-/m0/s1/i1D3. The van der Waals surface area contributed by atoms with Crippen molar-refractivity contribution in [3.63, 3.8) is 0 Å². The van der Waals surface area contributed by atoms with E-state index in [0.29, 0.717) is 24.8 Å². The number of hydrogen-bond acceptors (Lipinski definition) is 2. The lowest BCUT2D eigenvalue weighted by atomic mass is 9.78. The quantitative estimate of drug-likeness (QED) is 0.905. The van der Waals surface area contributed by atoms with Gasteiger partial charge in [-0.3, -0.25) is 0 Å². The van der Waals surface area contributed by atoms with Gasteiger partial charge in [0.05, 0.1) is 5.56 Å². The van der Waals surface area contributed by atoms with Crippen molar-refractivity contribution in [1.29, 1.82) is 0 Å². The number of alkyl halides is 3. The zero-order valence-electron chi connectivity index (χ0n) is 14.3. The summed E-state index contributed by atoms with van der Waals surface area (Å²) in [4.78, 5) is 1.26. The molecule has 1 aromatic rings. The molecular weight excluding hydrogens is 265 g/mol. The van der Waals surface area contributed by atoms with Gasteiger partial charge in [-0.15, -0.1) is 0 Å². The van der Waals surface area contributed by atoms with Crippen LogP contribution in [0.25, 0.3) is 0 Å². The van der Waals surface area contributed by atoms with E-state index in [-0.39, 0.29) is 18.0 Å². The molecule has 2 rings (SSSR count). The highest BCUT2D eigenvalue weighted by Gasteiger charge is 2.33. The largest absolute Gasteiger partial charge is 0.416 e. The van der Waals surface area contributed by atoms with Crippen LogP contribution in [0.5, 0.6) is 0 Å². The fourth-order valence-electron chi connectivity index (χ4n) is 2.89. The zero-order valence-corrected chi connectivity index (χ0v) is 11.3. The van der Waals surface area contributed by atoms with Crippen LogP contribution < -0.4 is 5.73 Å². The Labute approximate surface area is 122 Å². The fraction of sp³-hybridized carbons (Fsp3) is 0.600. The predicted molar refractivity (Wildman–Crippen MR) is 73.5 cm³/mol. The molecule has 5 heteroatoms. The number of benzene rings is 1. The second-order valence-corrected chi connectivity index (χ2v) is 5.48. The van der Waals surface area contributed by atoms with Gasteiger partial charge in [-0.1, -0.05) is 18.2 Å². The molecule has 1 fully saturated rings. The van der Waals surface area contributed by atoms with Crippen LogP contribution in [0.3, 0.4) is 0 Å². The second-order valence-electron chi connectivity index (χ2n) is 5.48. The van der Waals surface area contributed by atoms with Crippen LogP contribution in [0.15, 0.2) is 24.3 Å². The van der Waals surface area contributed by atoms with Crippen molar-refractivity contribution in [2.24, 2.45) is 5.73 Å². The van der Waals surface area contributed by atoms with Gasteiger partial charge < -0.3 is 10.6 Å². The third-order valence-corrected chi connectivity index (χ3v) is 4.05. The van der Waals surface area contributed by atoms with Crippen molar-refractivity contribution < 1.29 is 17.3 Å². The molecule has 0 spiro atoms. The van der Waals surface area contributed by atoms with E-state index in [0.717, 1.165) is 12.1 Å². The smallest absolute Gasteiger partial charge is 0.326 e. The lowest BCUT2D eigenvalue weighted by molar-refractivity contribution is -0.137. The summed E-state index contributed by atoms with van der Waals surface area (Å²) >= 11 is 0. The summed E-state index contributed by atoms with van der Waals surface area (Å²) in [6.45, 7) is -2.27. The Morgan fingerprint density at radius 3 is 2.75 bits per heavy atom. The molecule has 0 aromatic heterocycles. The van der Waals surface area contributed by atoms with E-state index < -0.39 is 18.7 Å². The molecular formula is C15H21F3N2. The maximum atomic E-state index is 12.9. The molecule has 0 aliphatic heterocycles. The Morgan fingerprint density at radius 1 is 1.35 bits per heavy atom. The third kappa shape index (κ3) is 3.33. The Hall–Kier alpha value is -1.07. The van der Waals surface area contributed by atoms with E-state index in [4.69, 9.17) is 9.85 Å². The summed E-state index contributed by atoms with van der Waals surface area (Å²) in [5.41, 5.74) is 5.96. The molecule has 1 aliphatic carbocycles. The van der Waals surface area contributed by atoms with Crippen LogP contribution in [0.1, 0.15) is 40.4 Å². The van der Waals surface area contributed by atoms with Gasteiger partial charge in [0, 0.05) is 16.2 Å². The third-order valence-electron chi connectivity index (χ3n) is 4.05. The lowest BCUT2D eigenvalue weighted by Gasteiger charge is -2.38. The summed E-state index contributed by atoms with van der Waals surface area (Å²) in [6.07, 6.45) is -2.69. The molecule has 1 aromatic carbocycles. The molecule has 0 radical (unpaired) electrons. The van der Waals surface area contributed by atoms with E-state index in [1.165, 1.54) is 18.0 Å². The normalized spacial score (nSPS) is 30.7. The first kappa shape index (κ1) is 11.6. The first-order chi connectivity index (χ1) is 10.5. The highest BCUT2D eigenvalue weighted by Crippen LogP contribution is 2.37. The molecule has 0 unspecified atom stereocenters. The minimum atomic E-state index is -4.38. The molecule has 0 bridgehead atoms. The SMILES string of the molecule is [2H]C([2H])([2H])N(C)[C@H]1C[C@@H](c2cccc(C(F)(F)F)c2)CC[C@@H]1N. The van der Waals surface area contributed by atoms with Crippen LogP contribution in [0.4, 0.5) is 13.2 Å². The number of nitrogens with two attached hydrogens (primary N) is 1. The molecule has 20 heavy (non-hydrogen) atoms. The maximum Gasteiger partial charge on any atom is 0.416 e. The summed E-state index contributed by atoms with van der Waals surface area (Å²) in [6, 6.07) is 4.61. The van der Waals surface area contributed by atoms with Crippen molar-refractivity contribution in [3.05, 3.63) is 35.4 Å². The van der Waals surface area contributed by atoms with E-state index in [1.807, 2.05) is 0 Å². The predicted octanol–water partition coefficient (Wildman–Crippen LogP) is 3.23. The van der Waals surface area contributed by atoms with Gasteiger partial charge in [0.2, 0.25) is 0 Å². The first-order valence-corrected chi connectivity index (χ1v) is 6.66. The van der Waals surface area contributed by atoms with E-state index in [1.54, 1.807) is 6.07 Å². The minimum absolute atomic E-state index is 0.119.